The van der Waals surface area contributed by atoms with Gasteiger partial charge >= 0.3 is 5.69 Å². The molecule has 0 atom stereocenters. The molecule has 0 bridgehead atoms. The number of benzene rings is 1. The van der Waals surface area contributed by atoms with Crippen molar-refractivity contribution < 1.29 is 24.7 Å². The Bertz CT molecular complexity index is 630. The Labute approximate surface area is 149 Å². The van der Waals surface area contributed by atoms with Gasteiger partial charge < -0.3 is 24.7 Å². The molecule has 0 spiro atoms. The molecule has 9 nitrogen and oxygen atoms in total. The van der Waals surface area contributed by atoms with Gasteiger partial charge in [-0.05, 0) is 12.1 Å². The van der Waals surface area contributed by atoms with Crippen molar-refractivity contribution in [3.63, 3.8) is 0 Å². The number of rotatable bonds is 7. The maximum absolute atomic E-state index is 12.8. The molecular formula is C15H20ClN3O6. The molecule has 0 aliphatic carbocycles. The lowest BCUT2D eigenvalue weighted by Gasteiger charge is -2.28. The molecule has 2 rings (SSSR count). The minimum Gasteiger partial charge on any atom is -0.395 e. The molecule has 10 heteroatoms. The third-order valence-electron chi connectivity index (χ3n) is 3.86. The minimum atomic E-state index is -0.678. The van der Waals surface area contributed by atoms with Crippen molar-refractivity contribution in [3.05, 3.63) is 32.8 Å². The summed E-state index contributed by atoms with van der Waals surface area (Å²) in [4.78, 5) is 26.6. The number of halogens is 1. The molecule has 1 heterocycles. The lowest BCUT2D eigenvalue weighted by Crippen LogP contribution is -2.41. The number of carbonyl (C=O) groups is 1. The van der Waals surface area contributed by atoms with Crippen molar-refractivity contribution >= 4 is 28.9 Å². The molecule has 0 radical (unpaired) electrons. The number of ether oxygens (including phenoxy) is 1. The zero-order valence-electron chi connectivity index (χ0n) is 13.6. The molecule has 0 aromatic heterocycles. The molecule has 1 saturated heterocycles. The Morgan fingerprint density at radius 2 is 1.88 bits per heavy atom. The van der Waals surface area contributed by atoms with Crippen molar-refractivity contribution in [2.24, 2.45) is 0 Å². The molecule has 2 N–H and O–H groups in total. The number of morpholine rings is 1. The van der Waals surface area contributed by atoms with E-state index >= 15 is 0 Å². The summed E-state index contributed by atoms with van der Waals surface area (Å²) in [5, 5.41) is 29.6. The quantitative estimate of drug-likeness (QED) is 0.528. The van der Waals surface area contributed by atoms with Crippen LogP contribution >= 0.6 is 11.6 Å². The van der Waals surface area contributed by atoms with Gasteiger partial charge in [-0.15, -0.1) is 0 Å². The van der Waals surface area contributed by atoms with Gasteiger partial charge in [0.05, 0.1) is 31.4 Å². The van der Waals surface area contributed by atoms with Crippen LogP contribution in [0.3, 0.4) is 0 Å². The van der Waals surface area contributed by atoms with Crippen LogP contribution in [-0.2, 0) is 4.74 Å². The molecule has 1 aliphatic heterocycles. The van der Waals surface area contributed by atoms with Gasteiger partial charge in [0.15, 0.2) is 0 Å². The largest absolute Gasteiger partial charge is 0.395 e. The third-order valence-corrected chi connectivity index (χ3v) is 4.15. The highest BCUT2D eigenvalue weighted by Gasteiger charge is 2.30. The van der Waals surface area contributed by atoms with Gasteiger partial charge in [-0.2, -0.15) is 0 Å². The molecule has 0 unspecified atom stereocenters. The molecule has 138 valence electrons. The normalized spacial score (nSPS) is 14.4. The average Bonchev–Trinajstić information content (AvgIpc) is 2.60. The monoisotopic (exact) mass is 373 g/mol. The van der Waals surface area contributed by atoms with E-state index in [-0.39, 0.29) is 36.9 Å². The van der Waals surface area contributed by atoms with Crippen LogP contribution in [0.25, 0.3) is 0 Å². The summed E-state index contributed by atoms with van der Waals surface area (Å²) in [6.45, 7) is 1.45. The molecule has 1 amide bonds. The fourth-order valence-corrected chi connectivity index (χ4v) is 2.95. The highest BCUT2D eigenvalue weighted by Crippen LogP contribution is 2.34. The minimum absolute atomic E-state index is 0.115. The van der Waals surface area contributed by atoms with Crippen molar-refractivity contribution in [2.75, 3.05) is 57.5 Å². The average molecular weight is 374 g/mol. The fourth-order valence-electron chi connectivity index (χ4n) is 2.66. The molecule has 0 saturated carbocycles. The van der Waals surface area contributed by atoms with Crippen molar-refractivity contribution in [3.8, 4) is 0 Å². The van der Waals surface area contributed by atoms with Crippen LogP contribution in [0.2, 0.25) is 5.02 Å². The van der Waals surface area contributed by atoms with E-state index in [1.807, 2.05) is 0 Å². The van der Waals surface area contributed by atoms with Gasteiger partial charge in [-0.25, -0.2) is 0 Å². The Kier molecular flexibility index (Phi) is 6.94. The van der Waals surface area contributed by atoms with Gasteiger partial charge in [-0.1, -0.05) is 11.6 Å². The molecule has 25 heavy (non-hydrogen) atoms. The Hall–Kier alpha value is -1.94. The van der Waals surface area contributed by atoms with Gasteiger partial charge in [0.1, 0.15) is 10.6 Å². The van der Waals surface area contributed by atoms with Crippen LogP contribution in [-0.4, -0.2) is 78.6 Å². The van der Waals surface area contributed by atoms with Crippen LogP contribution in [0.5, 0.6) is 0 Å². The van der Waals surface area contributed by atoms with E-state index in [9.17, 15) is 14.9 Å². The summed E-state index contributed by atoms with van der Waals surface area (Å²) in [6, 6.07) is 2.74. The highest BCUT2D eigenvalue weighted by molar-refractivity contribution is 6.33. The maximum Gasteiger partial charge on any atom is 0.300 e. The predicted octanol–water partition coefficient (Wildman–Crippen LogP) is 0.512. The second-order valence-electron chi connectivity index (χ2n) is 5.42. The second kappa shape index (κ2) is 8.95. The number of hydrogen-bond donors (Lipinski definition) is 2. The molecule has 1 fully saturated rings. The van der Waals surface area contributed by atoms with E-state index < -0.39 is 16.5 Å². The van der Waals surface area contributed by atoms with E-state index in [4.69, 9.17) is 26.6 Å². The number of nitro groups is 1. The number of nitro benzene ring substituents is 1. The van der Waals surface area contributed by atoms with E-state index in [1.54, 1.807) is 4.90 Å². The Balaban J connectivity index is 2.46. The Morgan fingerprint density at radius 1 is 1.28 bits per heavy atom. The van der Waals surface area contributed by atoms with Crippen LogP contribution in [0, 0.1) is 10.1 Å². The number of nitrogens with zero attached hydrogens (tertiary/aromatic N) is 3. The lowest BCUT2D eigenvalue weighted by molar-refractivity contribution is -0.385. The summed E-state index contributed by atoms with van der Waals surface area (Å²) in [5.74, 6) is -0.494. The lowest BCUT2D eigenvalue weighted by atomic mass is 10.1. The number of hydrogen-bond acceptors (Lipinski definition) is 7. The van der Waals surface area contributed by atoms with E-state index in [1.165, 1.54) is 17.0 Å². The Morgan fingerprint density at radius 3 is 2.40 bits per heavy atom. The second-order valence-corrected chi connectivity index (χ2v) is 5.83. The first-order valence-corrected chi connectivity index (χ1v) is 8.19. The zero-order valence-corrected chi connectivity index (χ0v) is 14.3. The van der Waals surface area contributed by atoms with Crippen molar-refractivity contribution in [1.29, 1.82) is 0 Å². The third kappa shape index (κ3) is 4.57. The van der Waals surface area contributed by atoms with Crippen molar-refractivity contribution in [1.82, 2.24) is 4.90 Å². The summed E-state index contributed by atoms with van der Waals surface area (Å²) in [7, 11) is 0. The van der Waals surface area contributed by atoms with Crippen LogP contribution < -0.4 is 4.90 Å². The van der Waals surface area contributed by atoms with Crippen LogP contribution in [0.15, 0.2) is 12.1 Å². The van der Waals surface area contributed by atoms with E-state index in [2.05, 4.69) is 0 Å². The standard InChI is InChI=1S/C15H20ClN3O6/c16-13-10-11(17(1-5-20)2-6-21)9-12(14(13)19(23)24)15(22)18-3-7-25-8-4-18/h9-10,20-21H,1-8H2. The summed E-state index contributed by atoms with van der Waals surface area (Å²) in [5.41, 5.74) is -0.138. The summed E-state index contributed by atoms with van der Waals surface area (Å²) in [6.07, 6.45) is 0. The number of carbonyl (C=O) groups excluding carboxylic acids is 1. The smallest absolute Gasteiger partial charge is 0.300 e. The SMILES string of the molecule is O=C(c1cc(N(CCO)CCO)cc(Cl)c1[N+](=O)[O-])N1CCOCC1. The summed E-state index contributed by atoms with van der Waals surface area (Å²) >= 11 is 6.07. The maximum atomic E-state index is 12.8. The first-order chi connectivity index (χ1) is 12.0. The van der Waals surface area contributed by atoms with Gasteiger partial charge in [0.25, 0.3) is 5.91 Å². The molecular weight excluding hydrogens is 354 g/mol. The number of aliphatic hydroxyl groups is 2. The van der Waals surface area contributed by atoms with Crippen LogP contribution in [0.4, 0.5) is 11.4 Å². The molecule has 1 aromatic rings. The number of aliphatic hydroxyl groups excluding tert-OH is 2. The van der Waals surface area contributed by atoms with Gasteiger partial charge in [0, 0.05) is 31.9 Å². The topological polar surface area (TPSA) is 116 Å². The van der Waals surface area contributed by atoms with Crippen molar-refractivity contribution in [2.45, 2.75) is 0 Å². The highest BCUT2D eigenvalue weighted by atomic mass is 35.5. The number of anilines is 1. The summed E-state index contributed by atoms with van der Waals surface area (Å²) < 4.78 is 5.20. The fraction of sp³-hybridized carbons (Fsp3) is 0.533. The zero-order chi connectivity index (χ0) is 18.4. The first-order valence-electron chi connectivity index (χ1n) is 7.81. The first kappa shape index (κ1) is 19.4. The van der Waals surface area contributed by atoms with E-state index in [0.717, 1.165) is 0 Å². The van der Waals surface area contributed by atoms with Gasteiger partial charge in [0.2, 0.25) is 0 Å². The molecule has 1 aliphatic rings. The van der Waals surface area contributed by atoms with E-state index in [0.29, 0.717) is 32.0 Å². The molecule has 1 aromatic carbocycles. The predicted molar refractivity (Wildman–Crippen MR) is 91.2 cm³/mol. The van der Waals surface area contributed by atoms with Crippen LogP contribution in [0.1, 0.15) is 10.4 Å². The number of amides is 1. The van der Waals surface area contributed by atoms with Gasteiger partial charge in [-0.3, -0.25) is 14.9 Å².